The molecule has 3 atom stereocenters. The van der Waals surface area contributed by atoms with E-state index in [4.69, 9.17) is 0 Å². The first kappa shape index (κ1) is 25.3. The van der Waals surface area contributed by atoms with Crippen LogP contribution in [0, 0.1) is 6.92 Å². The normalized spacial score (nSPS) is 17.3. The van der Waals surface area contributed by atoms with E-state index in [1.165, 1.54) is 27.8 Å². The quantitative estimate of drug-likeness (QED) is 0.209. The average molecular weight is 579 g/mol. The van der Waals surface area contributed by atoms with Crippen molar-refractivity contribution in [2.75, 3.05) is 0 Å². The van der Waals surface area contributed by atoms with Gasteiger partial charge < -0.3 is 0 Å². The molecule has 0 saturated heterocycles. The van der Waals surface area contributed by atoms with E-state index in [2.05, 4.69) is 73.7 Å². The van der Waals surface area contributed by atoms with Gasteiger partial charge in [0.1, 0.15) is 0 Å². The lowest BCUT2D eigenvalue weighted by Gasteiger charge is -2.31. The Balaban J connectivity index is 1.43. The maximum Gasteiger partial charge on any atom is 0.0849 e. The molecule has 1 spiro atoms. The number of fused-ring (bicyclic) bond motifs is 10. The highest BCUT2D eigenvalue weighted by Crippen LogP contribution is 2.63. The summed E-state index contributed by atoms with van der Waals surface area (Å²) in [7, 11) is -2.65. The van der Waals surface area contributed by atoms with E-state index in [9.17, 15) is 8.42 Å². The topological polar surface area (TPSA) is 34.1 Å². The van der Waals surface area contributed by atoms with Crippen LogP contribution in [0.5, 0.6) is 0 Å². The van der Waals surface area contributed by atoms with Crippen LogP contribution in [0.4, 0.5) is 0 Å². The number of aryl methyl sites for hydroxylation is 1. The molecule has 8 rings (SSSR count). The maximum atomic E-state index is 13.8. The molecule has 6 aromatic rings. The van der Waals surface area contributed by atoms with Crippen LogP contribution in [0.25, 0.3) is 22.3 Å². The number of rotatable bonds is 4. The van der Waals surface area contributed by atoms with E-state index in [0.717, 1.165) is 41.8 Å². The first-order valence-electron chi connectivity index (χ1n) is 14.0. The third-order valence-electron chi connectivity index (χ3n) is 8.62. The Hall–Kier alpha value is -4.38. The van der Waals surface area contributed by atoms with Gasteiger partial charge in [0.2, 0.25) is 0 Å². The lowest BCUT2D eigenvalue weighted by molar-refractivity contribution is 0.682. The summed E-state index contributed by atoms with van der Waals surface area (Å²) in [5.74, 6) is 0. The minimum Gasteiger partial charge on any atom is -0.249 e. The number of hydrogen-bond donors (Lipinski definition) is 0. The molecule has 0 fully saturated rings. The van der Waals surface area contributed by atoms with Crippen LogP contribution in [0.1, 0.15) is 27.8 Å². The van der Waals surface area contributed by atoms with Crippen molar-refractivity contribution in [3.05, 3.63) is 167 Å². The van der Waals surface area contributed by atoms with Gasteiger partial charge in [0.05, 0.1) is 27.0 Å². The SMILES string of the molecule is Cc1ccc2c(c1)C1(c3ccccc3-c3ccc(S(=O)c4ccccc4)cc31)c1cc(S(=O)c3ccccc3)ccc1-2. The molecular formula is C38H26O2S2. The lowest BCUT2D eigenvalue weighted by atomic mass is 9.70. The Morgan fingerprint density at radius 3 is 1.38 bits per heavy atom. The molecule has 0 heterocycles. The summed E-state index contributed by atoms with van der Waals surface area (Å²) in [5.41, 5.74) is 9.90. The summed E-state index contributed by atoms with van der Waals surface area (Å²) in [6.07, 6.45) is 0. The highest BCUT2D eigenvalue weighted by Gasteiger charge is 2.52. The monoisotopic (exact) mass is 578 g/mol. The van der Waals surface area contributed by atoms with Crippen LogP contribution in [-0.4, -0.2) is 8.42 Å². The smallest absolute Gasteiger partial charge is 0.0849 e. The van der Waals surface area contributed by atoms with Crippen molar-refractivity contribution in [3.63, 3.8) is 0 Å². The van der Waals surface area contributed by atoms with Crippen LogP contribution in [0.3, 0.4) is 0 Å². The minimum atomic E-state index is -1.33. The maximum absolute atomic E-state index is 13.8. The predicted molar refractivity (Wildman–Crippen MR) is 170 cm³/mol. The molecule has 2 aliphatic carbocycles. The number of hydrogen-bond acceptors (Lipinski definition) is 2. The fourth-order valence-corrected chi connectivity index (χ4v) is 9.03. The zero-order valence-electron chi connectivity index (χ0n) is 22.9. The van der Waals surface area contributed by atoms with Crippen molar-refractivity contribution >= 4 is 21.6 Å². The Bertz CT molecular complexity index is 2020. The molecule has 2 aliphatic rings. The molecule has 0 saturated carbocycles. The third-order valence-corrected chi connectivity index (χ3v) is 11.4. The van der Waals surface area contributed by atoms with Crippen LogP contribution in [0.2, 0.25) is 0 Å². The summed E-state index contributed by atoms with van der Waals surface area (Å²) >= 11 is 0. The summed E-state index contributed by atoms with van der Waals surface area (Å²) < 4.78 is 27.7. The molecule has 3 unspecified atom stereocenters. The summed E-state index contributed by atoms with van der Waals surface area (Å²) in [6, 6.07) is 47.2. The standard InChI is InChI=1S/C38H26O2S2/c1-25-16-19-31-33-21-18-29(42(40)27-12-6-3-7-13-27)24-37(33)38(35(31)22-25)34-15-9-8-14-30(34)32-20-17-28(23-36(32)38)41(39)26-10-4-2-5-11-26/h2-24H,1H3. The molecule has 6 aromatic carbocycles. The van der Waals surface area contributed by atoms with Gasteiger partial charge in [-0.3, -0.25) is 0 Å². The second-order valence-electron chi connectivity index (χ2n) is 10.9. The van der Waals surface area contributed by atoms with E-state index in [1.807, 2.05) is 72.8 Å². The van der Waals surface area contributed by atoms with Gasteiger partial charge in [0.25, 0.3) is 0 Å². The van der Waals surface area contributed by atoms with Crippen LogP contribution >= 0.6 is 0 Å². The van der Waals surface area contributed by atoms with Gasteiger partial charge in [0.15, 0.2) is 0 Å². The highest BCUT2D eigenvalue weighted by molar-refractivity contribution is 7.85. The average Bonchev–Trinajstić information content (AvgIpc) is 3.50. The zero-order valence-corrected chi connectivity index (χ0v) is 24.5. The van der Waals surface area contributed by atoms with Crippen molar-refractivity contribution in [2.24, 2.45) is 0 Å². The van der Waals surface area contributed by atoms with Crippen molar-refractivity contribution in [3.8, 4) is 22.3 Å². The number of benzene rings is 6. The third kappa shape index (κ3) is 3.55. The van der Waals surface area contributed by atoms with Crippen molar-refractivity contribution in [1.29, 1.82) is 0 Å². The van der Waals surface area contributed by atoms with Crippen LogP contribution in [-0.2, 0) is 27.0 Å². The molecule has 0 amide bonds. The van der Waals surface area contributed by atoms with E-state index in [0.29, 0.717) is 0 Å². The van der Waals surface area contributed by atoms with Gasteiger partial charge in [-0.05, 0) is 100.0 Å². The molecule has 2 nitrogen and oxygen atoms in total. The molecule has 4 heteroatoms. The first-order chi connectivity index (χ1) is 20.6. The molecule has 0 bridgehead atoms. The fraction of sp³-hybridized carbons (Fsp3) is 0.0526. The van der Waals surface area contributed by atoms with Crippen LogP contribution in [0.15, 0.2) is 159 Å². The minimum absolute atomic E-state index is 0.615. The Kier molecular flexibility index (Phi) is 5.78. The largest absolute Gasteiger partial charge is 0.249 e. The van der Waals surface area contributed by atoms with E-state index in [1.54, 1.807) is 0 Å². The predicted octanol–water partition coefficient (Wildman–Crippen LogP) is 8.67. The molecule has 0 radical (unpaired) electrons. The summed E-state index contributed by atoms with van der Waals surface area (Å²) in [6.45, 7) is 2.13. The van der Waals surface area contributed by atoms with Crippen molar-refractivity contribution in [1.82, 2.24) is 0 Å². The van der Waals surface area contributed by atoms with Gasteiger partial charge in [-0.2, -0.15) is 0 Å². The molecule has 0 aliphatic heterocycles. The molecule has 202 valence electrons. The van der Waals surface area contributed by atoms with Crippen molar-refractivity contribution in [2.45, 2.75) is 31.9 Å². The fourth-order valence-electron chi connectivity index (χ4n) is 6.85. The molecule has 42 heavy (non-hydrogen) atoms. The molecular weight excluding hydrogens is 553 g/mol. The van der Waals surface area contributed by atoms with Gasteiger partial charge in [-0.15, -0.1) is 0 Å². The van der Waals surface area contributed by atoms with Gasteiger partial charge in [0, 0.05) is 19.6 Å². The molecule has 0 aromatic heterocycles. The van der Waals surface area contributed by atoms with Gasteiger partial charge in [-0.1, -0.05) is 96.6 Å². The highest BCUT2D eigenvalue weighted by atomic mass is 32.2. The van der Waals surface area contributed by atoms with E-state index >= 15 is 0 Å². The second-order valence-corrected chi connectivity index (χ2v) is 13.9. The van der Waals surface area contributed by atoms with E-state index < -0.39 is 27.0 Å². The second kappa shape index (κ2) is 9.59. The first-order valence-corrected chi connectivity index (χ1v) is 16.3. The van der Waals surface area contributed by atoms with Crippen LogP contribution < -0.4 is 0 Å². The molecule has 0 N–H and O–H groups in total. The van der Waals surface area contributed by atoms with Crippen molar-refractivity contribution < 1.29 is 8.42 Å². The lowest BCUT2D eigenvalue weighted by Crippen LogP contribution is -2.26. The Morgan fingerprint density at radius 1 is 0.405 bits per heavy atom. The Morgan fingerprint density at radius 2 is 0.833 bits per heavy atom. The summed E-state index contributed by atoms with van der Waals surface area (Å²) in [5, 5.41) is 0. The van der Waals surface area contributed by atoms with Gasteiger partial charge in [-0.25, -0.2) is 8.42 Å². The zero-order chi connectivity index (χ0) is 28.4. The summed E-state index contributed by atoms with van der Waals surface area (Å²) in [4.78, 5) is 3.12. The van der Waals surface area contributed by atoms with Gasteiger partial charge >= 0.3 is 0 Å². The Labute approximate surface area is 250 Å². The van der Waals surface area contributed by atoms with E-state index in [-0.39, 0.29) is 0 Å².